The highest BCUT2D eigenvalue weighted by molar-refractivity contribution is 7.13. The molecule has 0 saturated heterocycles. The van der Waals surface area contributed by atoms with Crippen molar-refractivity contribution in [1.29, 1.82) is 0 Å². The number of carbonyl (C=O) groups is 2. The van der Waals surface area contributed by atoms with Crippen LogP contribution in [0.2, 0.25) is 0 Å². The van der Waals surface area contributed by atoms with E-state index in [0.29, 0.717) is 22.1 Å². The zero-order chi connectivity index (χ0) is 18.4. The lowest BCUT2D eigenvalue weighted by molar-refractivity contribution is -0.122. The van der Waals surface area contributed by atoms with Crippen LogP contribution in [0.3, 0.4) is 0 Å². The van der Waals surface area contributed by atoms with E-state index in [4.69, 9.17) is 4.74 Å². The molecule has 0 radical (unpaired) electrons. The quantitative estimate of drug-likeness (QED) is 0.694. The van der Waals surface area contributed by atoms with Crippen molar-refractivity contribution in [2.24, 2.45) is 0 Å². The molecule has 1 atom stereocenters. The van der Waals surface area contributed by atoms with Gasteiger partial charge in [0.25, 0.3) is 11.8 Å². The number of hydrogen-bond acceptors (Lipinski definition) is 5. The van der Waals surface area contributed by atoms with Crippen LogP contribution in [0, 0.1) is 0 Å². The Balaban J connectivity index is 1.56. The molecule has 2 amide bonds. The molecule has 26 heavy (non-hydrogen) atoms. The zero-order valence-electron chi connectivity index (χ0n) is 14.0. The Bertz CT molecular complexity index is 865. The van der Waals surface area contributed by atoms with Crippen molar-refractivity contribution in [3.8, 4) is 5.75 Å². The first-order valence-corrected chi connectivity index (χ1v) is 8.83. The molecule has 0 fully saturated rings. The highest BCUT2D eigenvalue weighted by Gasteiger charge is 2.15. The molecule has 0 spiro atoms. The van der Waals surface area contributed by atoms with Gasteiger partial charge >= 0.3 is 0 Å². The molecule has 7 heteroatoms. The number of anilines is 2. The summed E-state index contributed by atoms with van der Waals surface area (Å²) in [5.74, 6) is 0.108. The van der Waals surface area contributed by atoms with Crippen molar-refractivity contribution >= 4 is 34.0 Å². The van der Waals surface area contributed by atoms with Gasteiger partial charge < -0.3 is 10.1 Å². The topological polar surface area (TPSA) is 80.3 Å². The summed E-state index contributed by atoms with van der Waals surface area (Å²) >= 11 is 1.35. The number of amides is 2. The van der Waals surface area contributed by atoms with Crippen molar-refractivity contribution < 1.29 is 14.3 Å². The van der Waals surface area contributed by atoms with Gasteiger partial charge in [-0.2, -0.15) is 0 Å². The van der Waals surface area contributed by atoms with Gasteiger partial charge in [0.05, 0.1) is 0 Å². The first-order valence-electron chi connectivity index (χ1n) is 7.95. The number of benzene rings is 2. The van der Waals surface area contributed by atoms with Gasteiger partial charge in [0, 0.05) is 22.8 Å². The fraction of sp³-hybridized carbons (Fsp3) is 0.105. The van der Waals surface area contributed by atoms with Crippen LogP contribution in [-0.2, 0) is 4.79 Å². The smallest absolute Gasteiger partial charge is 0.265 e. The lowest BCUT2D eigenvalue weighted by Crippen LogP contribution is -2.30. The molecule has 0 unspecified atom stereocenters. The number of aromatic nitrogens is 1. The number of nitrogens with zero attached hydrogens (tertiary/aromatic N) is 1. The van der Waals surface area contributed by atoms with Gasteiger partial charge in [-0.1, -0.05) is 18.2 Å². The first-order chi connectivity index (χ1) is 12.6. The molecule has 0 aliphatic heterocycles. The average Bonchev–Trinajstić information content (AvgIpc) is 3.16. The van der Waals surface area contributed by atoms with E-state index in [1.807, 2.05) is 18.2 Å². The molecule has 3 rings (SSSR count). The van der Waals surface area contributed by atoms with Crippen molar-refractivity contribution in [1.82, 2.24) is 4.98 Å². The van der Waals surface area contributed by atoms with Crippen LogP contribution in [0.1, 0.15) is 17.3 Å². The molecular formula is C19H17N3O3S. The van der Waals surface area contributed by atoms with Gasteiger partial charge in [-0.15, -0.1) is 11.3 Å². The molecule has 0 aliphatic carbocycles. The lowest BCUT2D eigenvalue weighted by atomic mass is 10.2. The Morgan fingerprint density at radius 1 is 1.04 bits per heavy atom. The third-order valence-electron chi connectivity index (χ3n) is 3.49. The summed E-state index contributed by atoms with van der Waals surface area (Å²) in [5, 5.41) is 7.80. The van der Waals surface area contributed by atoms with E-state index in [2.05, 4.69) is 15.6 Å². The molecule has 0 bridgehead atoms. The van der Waals surface area contributed by atoms with E-state index in [9.17, 15) is 9.59 Å². The van der Waals surface area contributed by atoms with Crippen LogP contribution in [0.5, 0.6) is 5.75 Å². The number of hydrogen-bond donors (Lipinski definition) is 2. The summed E-state index contributed by atoms with van der Waals surface area (Å²) < 4.78 is 5.59. The number of para-hydroxylation sites is 1. The van der Waals surface area contributed by atoms with Crippen molar-refractivity contribution in [3.63, 3.8) is 0 Å². The molecule has 1 heterocycles. The Morgan fingerprint density at radius 3 is 2.42 bits per heavy atom. The minimum absolute atomic E-state index is 0.251. The fourth-order valence-electron chi connectivity index (χ4n) is 2.16. The summed E-state index contributed by atoms with van der Waals surface area (Å²) in [6.45, 7) is 1.68. The van der Waals surface area contributed by atoms with Gasteiger partial charge in [-0.3, -0.25) is 14.9 Å². The molecule has 2 aromatic carbocycles. The Morgan fingerprint density at radius 2 is 1.77 bits per heavy atom. The van der Waals surface area contributed by atoms with E-state index in [1.54, 1.807) is 54.9 Å². The van der Waals surface area contributed by atoms with Crippen LogP contribution in [0.4, 0.5) is 10.8 Å². The van der Waals surface area contributed by atoms with Gasteiger partial charge in [0.2, 0.25) is 0 Å². The van der Waals surface area contributed by atoms with Crippen LogP contribution in [-0.4, -0.2) is 22.9 Å². The van der Waals surface area contributed by atoms with E-state index >= 15 is 0 Å². The van der Waals surface area contributed by atoms with Gasteiger partial charge in [-0.05, 0) is 43.3 Å². The van der Waals surface area contributed by atoms with Crippen molar-refractivity contribution in [2.45, 2.75) is 13.0 Å². The SMILES string of the molecule is C[C@H](Oc1ccccc1)C(=O)Nc1ccc(C(=O)Nc2nccs2)cc1. The standard InChI is InChI=1S/C19H17N3O3S/c1-13(25-16-5-3-2-4-6-16)17(23)21-15-9-7-14(8-10-15)18(24)22-19-20-11-12-26-19/h2-13H,1H3,(H,21,23)(H,20,22,24)/t13-/m0/s1. The largest absolute Gasteiger partial charge is 0.481 e. The van der Waals surface area contributed by atoms with E-state index < -0.39 is 6.10 Å². The fourth-order valence-corrected chi connectivity index (χ4v) is 2.68. The lowest BCUT2D eigenvalue weighted by Gasteiger charge is -2.14. The second kappa shape index (κ2) is 8.26. The van der Waals surface area contributed by atoms with E-state index in [1.165, 1.54) is 11.3 Å². The molecular weight excluding hydrogens is 350 g/mol. The molecule has 0 saturated carbocycles. The summed E-state index contributed by atoms with van der Waals surface area (Å²) in [6, 6.07) is 15.8. The third-order valence-corrected chi connectivity index (χ3v) is 4.18. The molecule has 1 aromatic heterocycles. The van der Waals surface area contributed by atoms with Crippen LogP contribution in [0.25, 0.3) is 0 Å². The Kier molecular flexibility index (Phi) is 5.60. The molecule has 0 aliphatic rings. The van der Waals surface area contributed by atoms with Gasteiger partial charge in [0.1, 0.15) is 5.75 Å². The number of thiazole rings is 1. The monoisotopic (exact) mass is 367 g/mol. The highest BCUT2D eigenvalue weighted by Crippen LogP contribution is 2.16. The predicted molar refractivity (Wildman–Crippen MR) is 102 cm³/mol. The first kappa shape index (κ1) is 17.6. The van der Waals surface area contributed by atoms with Crippen LogP contribution < -0.4 is 15.4 Å². The maximum Gasteiger partial charge on any atom is 0.265 e. The van der Waals surface area contributed by atoms with Crippen molar-refractivity contribution in [2.75, 3.05) is 10.6 Å². The van der Waals surface area contributed by atoms with E-state index in [-0.39, 0.29) is 11.8 Å². The number of nitrogens with one attached hydrogen (secondary N) is 2. The molecule has 2 N–H and O–H groups in total. The maximum absolute atomic E-state index is 12.2. The van der Waals surface area contributed by atoms with E-state index in [0.717, 1.165) is 0 Å². The van der Waals surface area contributed by atoms with Gasteiger partial charge in [0.15, 0.2) is 11.2 Å². The molecule has 6 nitrogen and oxygen atoms in total. The minimum Gasteiger partial charge on any atom is -0.481 e. The average molecular weight is 367 g/mol. The summed E-state index contributed by atoms with van der Waals surface area (Å²) in [6.07, 6.45) is 0.975. The zero-order valence-corrected chi connectivity index (χ0v) is 14.8. The highest BCUT2D eigenvalue weighted by atomic mass is 32.1. The maximum atomic E-state index is 12.2. The van der Waals surface area contributed by atoms with Crippen LogP contribution >= 0.6 is 11.3 Å². The Hall–Kier alpha value is -3.19. The predicted octanol–water partition coefficient (Wildman–Crippen LogP) is 3.80. The van der Waals surface area contributed by atoms with Crippen molar-refractivity contribution in [3.05, 3.63) is 71.7 Å². The normalized spacial score (nSPS) is 11.4. The second-order valence-corrected chi connectivity index (χ2v) is 6.33. The minimum atomic E-state index is -0.648. The summed E-state index contributed by atoms with van der Waals surface area (Å²) in [7, 11) is 0. The summed E-state index contributed by atoms with van der Waals surface area (Å²) in [5.41, 5.74) is 1.07. The Labute approximate surface area is 154 Å². The number of carbonyl (C=O) groups excluding carboxylic acids is 2. The third kappa shape index (κ3) is 4.67. The number of rotatable bonds is 6. The number of ether oxygens (including phenoxy) is 1. The second-order valence-electron chi connectivity index (χ2n) is 5.43. The van der Waals surface area contributed by atoms with Gasteiger partial charge in [-0.25, -0.2) is 4.98 Å². The molecule has 3 aromatic rings. The molecule has 132 valence electrons. The summed E-state index contributed by atoms with van der Waals surface area (Å²) in [4.78, 5) is 28.3. The van der Waals surface area contributed by atoms with Crippen LogP contribution in [0.15, 0.2) is 66.2 Å².